The van der Waals surface area contributed by atoms with E-state index in [2.05, 4.69) is 16.7 Å². The van der Waals surface area contributed by atoms with Gasteiger partial charge in [0.25, 0.3) is 5.91 Å². The number of hydrogen-bond donors (Lipinski definition) is 0. The second kappa shape index (κ2) is 6.06. The highest BCUT2D eigenvalue weighted by Gasteiger charge is 2.28. The Labute approximate surface area is 120 Å². The lowest BCUT2D eigenvalue weighted by Crippen LogP contribution is -2.35. The van der Waals surface area contributed by atoms with Gasteiger partial charge in [-0.15, -0.1) is 11.3 Å². The van der Waals surface area contributed by atoms with Crippen molar-refractivity contribution in [2.75, 3.05) is 32.7 Å². The molecule has 2 bridgehead atoms. The third-order valence-electron chi connectivity index (χ3n) is 4.01. The van der Waals surface area contributed by atoms with Gasteiger partial charge in [0.2, 0.25) is 0 Å². The van der Waals surface area contributed by atoms with Crippen molar-refractivity contribution < 1.29 is 4.79 Å². The molecule has 3 nitrogen and oxygen atoms in total. The lowest BCUT2D eigenvalue weighted by atomic mass is 9.98. The van der Waals surface area contributed by atoms with Crippen molar-refractivity contribution in [1.29, 1.82) is 0 Å². The van der Waals surface area contributed by atoms with Crippen LogP contribution in [-0.4, -0.2) is 48.4 Å². The molecule has 2 fully saturated rings. The highest BCUT2D eigenvalue weighted by Crippen LogP contribution is 2.23. The van der Waals surface area contributed by atoms with Crippen LogP contribution in [0.25, 0.3) is 0 Å². The predicted molar refractivity (Wildman–Crippen MR) is 79.5 cm³/mol. The fourth-order valence-electron chi connectivity index (χ4n) is 3.06. The highest BCUT2D eigenvalue weighted by atomic mass is 32.1. The molecule has 0 aliphatic carbocycles. The summed E-state index contributed by atoms with van der Waals surface area (Å²) in [7, 11) is 0. The number of piperidine rings is 1. The van der Waals surface area contributed by atoms with Crippen molar-refractivity contribution in [1.82, 2.24) is 9.80 Å². The maximum Gasteiger partial charge on any atom is 0.263 e. The highest BCUT2D eigenvalue weighted by molar-refractivity contribution is 7.13. The Morgan fingerprint density at radius 3 is 2.84 bits per heavy atom. The van der Waals surface area contributed by atoms with E-state index in [0.717, 1.165) is 24.5 Å². The fourth-order valence-corrected chi connectivity index (χ4v) is 3.89. The molecule has 2 atom stereocenters. The maximum absolute atomic E-state index is 12.5. The van der Waals surface area contributed by atoms with E-state index >= 15 is 0 Å². The Hall–Kier alpha value is -0.870. The van der Waals surface area contributed by atoms with Gasteiger partial charge in [0, 0.05) is 31.1 Å². The molecule has 2 saturated heterocycles. The first-order valence-electron chi connectivity index (χ1n) is 6.80. The molecular weight excluding hydrogens is 256 g/mol. The van der Waals surface area contributed by atoms with E-state index in [0.29, 0.717) is 5.92 Å². The summed E-state index contributed by atoms with van der Waals surface area (Å²) < 4.78 is 0. The van der Waals surface area contributed by atoms with Gasteiger partial charge in [-0.05, 0) is 44.4 Å². The SMILES string of the molecule is Cc1ccc(C(=O)N2CCN3CCCC(C3)C2)s1.[CH2]. The number of hydrogen-bond acceptors (Lipinski definition) is 3. The molecule has 1 aromatic heterocycles. The number of carbonyl (C=O) groups excluding carboxylic acids is 1. The number of aryl methyl sites for hydroxylation is 1. The van der Waals surface area contributed by atoms with E-state index in [1.807, 2.05) is 12.1 Å². The number of fused-ring (bicyclic) bond motifs is 2. The molecule has 2 unspecified atom stereocenters. The van der Waals surface area contributed by atoms with E-state index in [1.54, 1.807) is 11.3 Å². The molecule has 4 heteroatoms. The van der Waals surface area contributed by atoms with Crippen LogP contribution in [-0.2, 0) is 0 Å². The number of nitrogens with zero attached hydrogens (tertiary/aromatic N) is 2. The number of carbonyl (C=O) groups is 1. The zero-order valence-electron chi connectivity index (χ0n) is 11.6. The number of amides is 1. The summed E-state index contributed by atoms with van der Waals surface area (Å²) in [5.74, 6) is 0.924. The van der Waals surface area contributed by atoms with Crippen LogP contribution in [0, 0.1) is 20.3 Å². The van der Waals surface area contributed by atoms with E-state index in [4.69, 9.17) is 0 Å². The zero-order valence-corrected chi connectivity index (χ0v) is 12.4. The first-order valence-corrected chi connectivity index (χ1v) is 7.62. The molecule has 2 radical (unpaired) electrons. The van der Waals surface area contributed by atoms with Crippen LogP contribution in [0.5, 0.6) is 0 Å². The molecule has 2 aliphatic rings. The van der Waals surface area contributed by atoms with Gasteiger partial charge >= 0.3 is 0 Å². The third kappa shape index (κ3) is 3.18. The summed E-state index contributed by atoms with van der Waals surface area (Å²) in [5.41, 5.74) is 0. The van der Waals surface area contributed by atoms with Crippen LogP contribution in [0.4, 0.5) is 0 Å². The molecule has 3 heterocycles. The molecule has 0 aromatic carbocycles. The van der Waals surface area contributed by atoms with Gasteiger partial charge in [0.05, 0.1) is 4.88 Å². The van der Waals surface area contributed by atoms with E-state index in [9.17, 15) is 4.79 Å². The summed E-state index contributed by atoms with van der Waals surface area (Å²) >= 11 is 1.62. The summed E-state index contributed by atoms with van der Waals surface area (Å²) in [6, 6.07) is 4.01. The van der Waals surface area contributed by atoms with E-state index in [1.165, 1.54) is 30.8 Å². The molecule has 19 heavy (non-hydrogen) atoms. The van der Waals surface area contributed by atoms with Gasteiger partial charge in [0.1, 0.15) is 0 Å². The first kappa shape index (κ1) is 14.5. The molecule has 1 aromatic rings. The maximum atomic E-state index is 12.5. The topological polar surface area (TPSA) is 23.6 Å². The first-order chi connectivity index (χ1) is 8.72. The summed E-state index contributed by atoms with van der Waals surface area (Å²) in [4.78, 5) is 19.2. The molecule has 3 rings (SSSR count). The van der Waals surface area contributed by atoms with Gasteiger partial charge in [-0.1, -0.05) is 7.43 Å². The monoisotopic (exact) mass is 278 g/mol. The minimum atomic E-state index is 0. The minimum Gasteiger partial charge on any atom is -0.336 e. The standard InChI is InChI=1S/C14H20N2OS.CH2/c1-11-4-5-13(18-11)14(17)16-8-7-15-6-2-3-12(9-15)10-16;/h4-5,12H,2-3,6-10H2,1H3;1H2. The van der Waals surface area contributed by atoms with Crippen molar-refractivity contribution in [3.8, 4) is 0 Å². The summed E-state index contributed by atoms with van der Waals surface area (Å²) in [6.45, 7) is 7.36. The summed E-state index contributed by atoms with van der Waals surface area (Å²) in [5, 5.41) is 0. The van der Waals surface area contributed by atoms with Gasteiger partial charge in [-0.3, -0.25) is 4.79 Å². The van der Waals surface area contributed by atoms with E-state index in [-0.39, 0.29) is 13.3 Å². The van der Waals surface area contributed by atoms with Gasteiger partial charge in [0.15, 0.2) is 0 Å². The molecule has 0 saturated carbocycles. The van der Waals surface area contributed by atoms with Crippen LogP contribution in [0.1, 0.15) is 27.4 Å². The normalized spacial score (nSPS) is 26.5. The predicted octanol–water partition coefficient (Wildman–Crippen LogP) is 2.55. The molecule has 104 valence electrons. The van der Waals surface area contributed by atoms with Crippen molar-refractivity contribution in [2.24, 2.45) is 5.92 Å². The van der Waals surface area contributed by atoms with Crippen molar-refractivity contribution in [3.63, 3.8) is 0 Å². The average molecular weight is 278 g/mol. The van der Waals surface area contributed by atoms with Crippen molar-refractivity contribution in [2.45, 2.75) is 19.8 Å². The Balaban J connectivity index is 0.00000133. The summed E-state index contributed by atoms with van der Waals surface area (Å²) in [6.07, 6.45) is 2.58. The number of thiophene rings is 1. The Morgan fingerprint density at radius 2 is 2.11 bits per heavy atom. The van der Waals surface area contributed by atoms with Gasteiger partial charge in [-0.2, -0.15) is 0 Å². The molecular formula is C15H22N2OS. The average Bonchev–Trinajstić information content (AvgIpc) is 2.74. The number of rotatable bonds is 1. The third-order valence-corrected chi connectivity index (χ3v) is 4.99. The largest absolute Gasteiger partial charge is 0.336 e. The minimum absolute atomic E-state index is 0. The van der Waals surface area contributed by atoms with Crippen LogP contribution in [0.3, 0.4) is 0 Å². The Kier molecular flexibility index (Phi) is 4.63. The lowest BCUT2D eigenvalue weighted by molar-refractivity contribution is 0.0751. The fraction of sp³-hybridized carbons (Fsp3) is 0.600. The quantitative estimate of drug-likeness (QED) is 0.788. The Bertz CT molecular complexity index is 443. The molecule has 0 spiro atoms. The van der Waals surface area contributed by atoms with Crippen LogP contribution in [0.2, 0.25) is 0 Å². The Morgan fingerprint density at radius 1 is 1.26 bits per heavy atom. The lowest BCUT2D eigenvalue weighted by Gasteiger charge is -2.29. The van der Waals surface area contributed by atoms with E-state index < -0.39 is 0 Å². The molecule has 1 amide bonds. The van der Waals surface area contributed by atoms with Crippen molar-refractivity contribution in [3.05, 3.63) is 29.3 Å². The van der Waals surface area contributed by atoms with Crippen LogP contribution < -0.4 is 0 Å². The zero-order chi connectivity index (χ0) is 12.5. The molecule has 0 N–H and O–H groups in total. The second-order valence-electron chi connectivity index (χ2n) is 5.47. The second-order valence-corrected chi connectivity index (χ2v) is 6.76. The smallest absolute Gasteiger partial charge is 0.263 e. The van der Waals surface area contributed by atoms with Gasteiger partial charge < -0.3 is 9.80 Å². The van der Waals surface area contributed by atoms with Crippen molar-refractivity contribution >= 4 is 17.2 Å². The van der Waals surface area contributed by atoms with Crippen LogP contribution >= 0.6 is 11.3 Å². The van der Waals surface area contributed by atoms with Crippen LogP contribution in [0.15, 0.2) is 12.1 Å². The van der Waals surface area contributed by atoms with Gasteiger partial charge in [-0.25, -0.2) is 0 Å². The molecule has 2 aliphatic heterocycles.